The Morgan fingerprint density at radius 1 is 1.33 bits per heavy atom. The van der Waals surface area contributed by atoms with Gasteiger partial charge in [0.25, 0.3) is 5.91 Å². The van der Waals surface area contributed by atoms with Crippen molar-refractivity contribution in [3.05, 3.63) is 35.3 Å². The molecule has 1 amide bonds. The number of carbonyl (C=O) groups is 1. The molecule has 0 saturated heterocycles. The molecule has 1 aliphatic rings. The molecule has 5 heteroatoms. The SMILES string of the molecule is CCCOC1CCC(NC(=O)c2ccn3c(C)cc(C)nc23)CC1. The van der Waals surface area contributed by atoms with Crippen molar-refractivity contribution in [2.45, 2.75) is 65.0 Å². The maximum atomic E-state index is 12.7. The topological polar surface area (TPSA) is 55.6 Å². The maximum absolute atomic E-state index is 12.7. The Morgan fingerprint density at radius 3 is 2.79 bits per heavy atom. The van der Waals surface area contributed by atoms with Crippen molar-refractivity contribution < 1.29 is 9.53 Å². The number of carbonyl (C=O) groups excluding carboxylic acids is 1. The molecular formula is C19H27N3O2. The number of nitrogens with zero attached hydrogens (tertiary/aromatic N) is 2. The summed E-state index contributed by atoms with van der Waals surface area (Å²) in [7, 11) is 0. The van der Waals surface area contributed by atoms with Crippen LogP contribution in [0.3, 0.4) is 0 Å². The van der Waals surface area contributed by atoms with Gasteiger partial charge in [0.05, 0.1) is 11.7 Å². The normalized spacial score (nSPS) is 21.1. The highest BCUT2D eigenvalue weighted by molar-refractivity contribution is 6.00. The molecule has 1 fully saturated rings. The molecule has 2 aromatic heterocycles. The van der Waals surface area contributed by atoms with Crippen molar-refractivity contribution in [1.82, 2.24) is 14.7 Å². The summed E-state index contributed by atoms with van der Waals surface area (Å²) in [6.45, 7) is 6.95. The molecule has 3 rings (SSSR count). The van der Waals surface area contributed by atoms with Crippen LogP contribution in [0.2, 0.25) is 0 Å². The third-order valence-corrected chi connectivity index (χ3v) is 4.75. The minimum Gasteiger partial charge on any atom is -0.378 e. The Labute approximate surface area is 143 Å². The second-order valence-electron chi connectivity index (χ2n) is 6.78. The highest BCUT2D eigenvalue weighted by atomic mass is 16.5. The van der Waals surface area contributed by atoms with Crippen LogP contribution in [0, 0.1) is 13.8 Å². The smallest absolute Gasteiger partial charge is 0.255 e. The van der Waals surface area contributed by atoms with Gasteiger partial charge in [0.2, 0.25) is 0 Å². The molecule has 0 unspecified atom stereocenters. The zero-order valence-electron chi connectivity index (χ0n) is 14.8. The van der Waals surface area contributed by atoms with E-state index in [1.165, 1.54) is 0 Å². The first-order valence-corrected chi connectivity index (χ1v) is 8.96. The predicted molar refractivity (Wildman–Crippen MR) is 94.4 cm³/mol. The summed E-state index contributed by atoms with van der Waals surface area (Å²) in [4.78, 5) is 17.2. The van der Waals surface area contributed by atoms with Gasteiger partial charge in [0, 0.05) is 30.2 Å². The molecular weight excluding hydrogens is 302 g/mol. The summed E-state index contributed by atoms with van der Waals surface area (Å²) < 4.78 is 7.79. The van der Waals surface area contributed by atoms with Crippen LogP contribution in [0.15, 0.2) is 18.3 Å². The monoisotopic (exact) mass is 329 g/mol. The Balaban J connectivity index is 1.64. The average Bonchev–Trinajstić information content (AvgIpc) is 2.98. The molecule has 2 aromatic rings. The minimum atomic E-state index is -0.0204. The van der Waals surface area contributed by atoms with Crippen molar-refractivity contribution in [3.63, 3.8) is 0 Å². The Bertz CT molecular complexity index is 715. The van der Waals surface area contributed by atoms with Gasteiger partial charge in [0.1, 0.15) is 5.65 Å². The summed E-state index contributed by atoms with van der Waals surface area (Å²) >= 11 is 0. The van der Waals surface area contributed by atoms with E-state index < -0.39 is 0 Å². The summed E-state index contributed by atoms with van der Waals surface area (Å²) in [5.74, 6) is -0.0204. The Morgan fingerprint density at radius 2 is 2.08 bits per heavy atom. The second-order valence-corrected chi connectivity index (χ2v) is 6.78. The first kappa shape index (κ1) is 17.0. The van der Waals surface area contributed by atoms with Crippen molar-refractivity contribution in [3.8, 4) is 0 Å². The van der Waals surface area contributed by atoms with E-state index in [2.05, 4.69) is 17.2 Å². The third-order valence-electron chi connectivity index (χ3n) is 4.75. The van der Waals surface area contributed by atoms with Crippen molar-refractivity contribution >= 4 is 11.6 Å². The fourth-order valence-corrected chi connectivity index (χ4v) is 3.49. The molecule has 0 spiro atoms. The summed E-state index contributed by atoms with van der Waals surface area (Å²) in [6.07, 6.45) is 7.36. The van der Waals surface area contributed by atoms with Crippen LogP contribution in [0.5, 0.6) is 0 Å². The van der Waals surface area contributed by atoms with Gasteiger partial charge < -0.3 is 14.5 Å². The van der Waals surface area contributed by atoms with Gasteiger partial charge in [-0.3, -0.25) is 4.79 Å². The fourth-order valence-electron chi connectivity index (χ4n) is 3.49. The quantitative estimate of drug-likeness (QED) is 0.914. The number of fused-ring (bicyclic) bond motifs is 1. The number of ether oxygens (including phenoxy) is 1. The van der Waals surface area contributed by atoms with E-state index in [1.54, 1.807) is 0 Å². The number of aryl methyl sites for hydroxylation is 2. The van der Waals surface area contributed by atoms with E-state index in [9.17, 15) is 4.79 Å². The lowest BCUT2D eigenvalue weighted by Crippen LogP contribution is -2.39. The van der Waals surface area contributed by atoms with Crippen LogP contribution in [0.1, 0.15) is 60.8 Å². The lowest BCUT2D eigenvalue weighted by Gasteiger charge is -2.29. The number of rotatable bonds is 5. The highest BCUT2D eigenvalue weighted by Gasteiger charge is 2.24. The first-order valence-electron chi connectivity index (χ1n) is 8.96. The van der Waals surface area contributed by atoms with E-state index in [0.717, 1.165) is 55.7 Å². The summed E-state index contributed by atoms with van der Waals surface area (Å²) in [5.41, 5.74) is 3.42. The highest BCUT2D eigenvalue weighted by Crippen LogP contribution is 2.22. The fraction of sp³-hybridized carbons (Fsp3) is 0.579. The van der Waals surface area contributed by atoms with Crippen molar-refractivity contribution in [1.29, 1.82) is 0 Å². The summed E-state index contributed by atoms with van der Waals surface area (Å²) in [5, 5.41) is 3.18. The average molecular weight is 329 g/mol. The Hall–Kier alpha value is -1.88. The molecule has 2 heterocycles. The number of amides is 1. The van der Waals surface area contributed by atoms with Crippen LogP contribution >= 0.6 is 0 Å². The molecule has 1 aliphatic carbocycles. The number of hydrogen-bond acceptors (Lipinski definition) is 3. The van der Waals surface area contributed by atoms with Crippen LogP contribution in [0.4, 0.5) is 0 Å². The van der Waals surface area contributed by atoms with Gasteiger partial charge in [0.15, 0.2) is 0 Å². The predicted octanol–water partition coefficient (Wildman–Crippen LogP) is 3.42. The number of nitrogens with one attached hydrogen (secondary N) is 1. The Kier molecular flexibility index (Phi) is 5.19. The lowest BCUT2D eigenvalue weighted by atomic mass is 9.92. The third kappa shape index (κ3) is 3.61. The summed E-state index contributed by atoms with van der Waals surface area (Å²) in [6, 6.07) is 4.12. The number of hydrogen-bond donors (Lipinski definition) is 1. The van der Waals surface area contributed by atoms with E-state index in [4.69, 9.17) is 4.74 Å². The van der Waals surface area contributed by atoms with Gasteiger partial charge in [-0.1, -0.05) is 6.92 Å². The van der Waals surface area contributed by atoms with Gasteiger partial charge in [-0.15, -0.1) is 0 Å². The van der Waals surface area contributed by atoms with Gasteiger partial charge in [-0.05, 0) is 58.1 Å². The van der Waals surface area contributed by atoms with E-state index >= 15 is 0 Å². The molecule has 0 radical (unpaired) electrons. The second kappa shape index (κ2) is 7.34. The lowest BCUT2D eigenvalue weighted by molar-refractivity contribution is 0.0227. The van der Waals surface area contributed by atoms with Crippen molar-refractivity contribution in [2.24, 2.45) is 0 Å². The van der Waals surface area contributed by atoms with Gasteiger partial charge in [-0.2, -0.15) is 0 Å². The number of aromatic nitrogens is 2. The van der Waals surface area contributed by atoms with E-state index in [-0.39, 0.29) is 11.9 Å². The standard InChI is InChI=1S/C19H27N3O2/c1-4-11-24-16-7-5-15(6-8-16)21-19(23)17-9-10-22-14(3)12-13(2)20-18(17)22/h9-10,12,15-16H,4-8,11H2,1-3H3,(H,21,23). The van der Waals surface area contributed by atoms with Gasteiger partial charge in [-0.25, -0.2) is 4.98 Å². The molecule has 0 atom stereocenters. The maximum Gasteiger partial charge on any atom is 0.255 e. The zero-order valence-corrected chi connectivity index (χ0v) is 14.8. The molecule has 0 aromatic carbocycles. The first-order chi connectivity index (χ1) is 11.6. The van der Waals surface area contributed by atoms with Crippen LogP contribution in [-0.4, -0.2) is 34.0 Å². The van der Waals surface area contributed by atoms with Crippen LogP contribution < -0.4 is 5.32 Å². The van der Waals surface area contributed by atoms with Crippen LogP contribution in [-0.2, 0) is 4.74 Å². The largest absolute Gasteiger partial charge is 0.378 e. The molecule has 1 saturated carbocycles. The molecule has 130 valence electrons. The van der Waals surface area contributed by atoms with E-state index in [1.807, 2.05) is 36.6 Å². The molecule has 0 bridgehead atoms. The molecule has 24 heavy (non-hydrogen) atoms. The van der Waals surface area contributed by atoms with Crippen LogP contribution in [0.25, 0.3) is 5.65 Å². The molecule has 0 aliphatic heterocycles. The molecule has 1 N–H and O–H groups in total. The van der Waals surface area contributed by atoms with Crippen molar-refractivity contribution in [2.75, 3.05) is 6.61 Å². The minimum absolute atomic E-state index is 0.0204. The van der Waals surface area contributed by atoms with E-state index in [0.29, 0.717) is 11.7 Å². The van der Waals surface area contributed by atoms with Gasteiger partial charge >= 0.3 is 0 Å². The molecule has 5 nitrogen and oxygen atoms in total. The zero-order chi connectivity index (χ0) is 17.1.